The van der Waals surface area contributed by atoms with Crippen LogP contribution in [0.2, 0.25) is 5.02 Å². The van der Waals surface area contributed by atoms with Crippen LogP contribution in [0.1, 0.15) is 12.6 Å². The van der Waals surface area contributed by atoms with Crippen LogP contribution in [0.15, 0.2) is 42.9 Å². The number of anilines is 2. The highest BCUT2D eigenvalue weighted by atomic mass is 35.5. The number of aryl methyl sites for hydroxylation is 1. The Balaban J connectivity index is 1.79. The van der Waals surface area contributed by atoms with Crippen molar-refractivity contribution in [1.82, 2.24) is 24.9 Å². The Bertz CT molecular complexity index is 1070. The highest BCUT2D eigenvalue weighted by Crippen LogP contribution is 2.31. The second kappa shape index (κ2) is 6.68. The zero-order chi connectivity index (χ0) is 18.1. The van der Waals surface area contributed by atoms with Gasteiger partial charge in [-0.3, -0.25) is 0 Å². The number of aromatic amines is 1. The molecule has 0 saturated heterocycles. The summed E-state index contributed by atoms with van der Waals surface area (Å²) in [7, 11) is 0. The summed E-state index contributed by atoms with van der Waals surface area (Å²) >= 11 is 6.15. The number of halogens is 2. The van der Waals surface area contributed by atoms with Gasteiger partial charge in [0.2, 0.25) is 0 Å². The predicted molar refractivity (Wildman–Crippen MR) is 99.0 cm³/mol. The number of H-pyrrole nitrogens is 1. The van der Waals surface area contributed by atoms with E-state index in [4.69, 9.17) is 11.6 Å². The van der Waals surface area contributed by atoms with Crippen LogP contribution in [0, 0.1) is 5.82 Å². The fourth-order valence-corrected chi connectivity index (χ4v) is 2.90. The van der Waals surface area contributed by atoms with Gasteiger partial charge in [0.05, 0.1) is 16.1 Å². The molecule has 0 aliphatic carbocycles. The van der Waals surface area contributed by atoms with Gasteiger partial charge in [-0.2, -0.15) is 0 Å². The van der Waals surface area contributed by atoms with E-state index in [1.807, 2.05) is 13.0 Å². The smallest absolute Gasteiger partial charge is 0.159 e. The van der Waals surface area contributed by atoms with E-state index in [9.17, 15) is 4.39 Å². The molecule has 8 heteroatoms. The molecular formula is C18H14ClFN6. The molecule has 0 unspecified atom stereocenters. The molecular weight excluding hydrogens is 355 g/mol. The third-order valence-corrected chi connectivity index (χ3v) is 4.25. The third-order valence-electron chi connectivity index (χ3n) is 3.93. The molecule has 0 atom stereocenters. The van der Waals surface area contributed by atoms with Gasteiger partial charge in [0.15, 0.2) is 5.82 Å². The molecule has 0 amide bonds. The number of pyridine rings is 1. The lowest BCUT2D eigenvalue weighted by Gasteiger charge is -2.05. The summed E-state index contributed by atoms with van der Waals surface area (Å²) in [5, 5.41) is 3.43. The summed E-state index contributed by atoms with van der Waals surface area (Å²) < 4.78 is 14.2. The molecule has 4 aromatic rings. The first-order chi connectivity index (χ1) is 12.7. The number of benzene rings is 1. The van der Waals surface area contributed by atoms with Crippen LogP contribution in [-0.2, 0) is 6.42 Å². The van der Waals surface area contributed by atoms with Crippen molar-refractivity contribution < 1.29 is 4.39 Å². The zero-order valence-electron chi connectivity index (χ0n) is 13.8. The minimum atomic E-state index is -0.442. The van der Waals surface area contributed by atoms with Crippen molar-refractivity contribution in [3.8, 4) is 11.4 Å². The van der Waals surface area contributed by atoms with Crippen LogP contribution in [0.4, 0.5) is 16.0 Å². The first kappa shape index (κ1) is 16.4. The van der Waals surface area contributed by atoms with E-state index in [2.05, 4.69) is 30.2 Å². The summed E-state index contributed by atoms with van der Waals surface area (Å²) in [6.07, 6.45) is 3.93. The highest BCUT2D eigenvalue weighted by Gasteiger charge is 2.16. The average molecular weight is 369 g/mol. The van der Waals surface area contributed by atoms with Gasteiger partial charge in [-0.05, 0) is 24.6 Å². The van der Waals surface area contributed by atoms with E-state index in [1.54, 1.807) is 24.4 Å². The van der Waals surface area contributed by atoms with Crippen LogP contribution >= 0.6 is 11.6 Å². The molecule has 4 rings (SSSR count). The van der Waals surface area contributed by atoms with Gasteiger partial charge in [0.1, 0.15) is 29.3 Å². The lowest BCUT2D eigenvalue weighted by atomic mass is 10.2. The summed E-state index contributed by atoms with van der Waals surface area (Å²) in [6, 6.07) is 8.14. The molecule has 0 aliphatic rings. The number of hydrogen-bond donors (Lipinski definition) is 2. The Morgan fingerprint density at radius 3 is 2.88 bits per heavy atom. The molecule has 3 heterocycles. The van der Waals surface area contributed by atoms with Crippen LogP contribution < -0.4 is 5.32 Å². The summed E-state index contributed by atoms with van der Waals surface area (Å²) in [4.78, 5) is 20.3. The number of nitrogens with one attached hydrogen (secondary N) is 2. The summed E-state index contributed by atoms with van der Waals surface area (Å²) in [5.74, 6) is 1.03. The summed E-state index contributed by atoms with van der Waals surface area (Å²) in [5.41, 5.74) is 2.42. The van der Waals surface area contributed by atoms with Crippen molar-refractivity contribution in [1.29, 1.82) is 0 Å². The molecule has 0 radical (unpaired) electrons. The molecule has 2 N–H and O–H groups in total. The molecule has 0 saturated carbocycles. The van der Waals surface area contributed by atoms with Gasteiger partial charge >= 0.3 is 0 Å². The molecule has 0 aliphatic heterocycles. The molecule has 0 bridgehead atoms. The predicted octanol–water partition coefficient (Wildman–Crippen LogP) is 4.51. The monoisotopic (exact) mass is 368 g/mol. The number of fused-ring (bicyclic) bond motifs is 1. The van der Waals surface area contributed by atoms with Crippen LogP contribution in [0.25, 0.3) is 22.4 Å². The van der Waals surface area contributed by atoms with E-state index in [0.717, 1.165) is 12.1 Å². The first-order valence-corrected chi connectivity index (χ1v) is 8.40. The average Bonchev–Trinajstić information content (AvgIpc) is 3.06. The SMILES string of the molecule is CCc1cc(Nc2nccc3[nH]c(-c4c(F)cccc4Cl)nc23)ncn1. The number of imidazole rings is 1. The van der Waals surface area contributed by atoms with Crippen molar-refractivity contribution in [3.05, 3.63) is 59.4 Å². The van der Waals surface area contributed by atoms with Crippen LogP contribution in [0.3, 0.4) is 0 Å². The second-order valence-electron chi connectivity index (χ2n) is 5.61. The molecule has 0 fully saturated rings. The first-order valence-electron chi connectivity index (χ1n) is 8.02. The maximum Gasteiger partial charge on any atom is 0.159 e. The van der Waals surface area contributed by atoms with Crippen molar-refractivity contribution in [2.75, 3.05) is 5.32 Å². The minimum Gasteiger partial charge on any atom is -0.338 e. The maximum absolute atomic E-state index is 14.2. The zero-order valence-corrected chi connectivity index (χ0v) is 14.5. The van der Waals surface area contributed by atoms with E-state index in [-0.39, 0.29) is 10.6 Å². The molecule has 3 aromatic heterocycles. The second-order valence-corrected chi connectivity index (χ2v) is 6.02. The molecule has 0 spiro atoms. The summed E-state index contributed by atoms with van der Waals surface area (Å²) in [6.45, 7) is 2.02. The van der Waals surface area contributed by atoms with Gasteiger partial charge in [0, 0.05) is 18.0 Å². The lowest BCUT2D eigenvalue weighted by Crippen LogP contribution is -1.99. The van der Waals surface area contributed by atoms with Gasteiger partial charge in [-0.15, -0.1) is 0 Å². The van der Waals surface area contributed by atoms with Crippen LogP contribution in [-0.4, -0.2) is 24.9 Å². The largest absolute Gasteiger partial charge is 0.338 e. The lowest BCUT2D eigenvalue weighted by molar-refractivity contribution is 0.630. The number of nitrogens with zero attached hydrogens (tertiary/aromatic N) is 4. The Morgan fingerprint density at radius 2 is 2.08 bits per heavy atom. The number of hydrogen-bond acceptors (Lipinski definition) is 5. The Morgan fingerprint density at radius 1 is 1.19 bits per heavy atom. The van der Waals surface area contributed by atoms with Crippen molar-refractivity contribution in [3.63, 3.8) is 0 Å². The Kier molecular flexibility index (Phi) is 4.22. The third kappa shape index (κ3) is 2.97. The normalized spacial score (nSPS) is 11.0. The Labute approximate surface area is 153 Å². The van der Waals surface area contributed by atoms with Gasteiger partial charge in [-0.25, -0.2) is 24.3 Å². The van der Waals surface area contributed by atoms with E-state index >= 15 is 0 Å². The fraction of sp³-hybridized carbons (Fsp3) is 0.111. The Hall–Kier alpha value is -3.06. The molecule has 1 aromatic carbocycles. The highest BCUT2D eigenvalue weighted by molar-refractivity contribution is 6.33. The quantitative estimate of drug-likeness (QED) is 0.554. The fourth-order valence-electron chi connectivity index (χ4n) is 2.65. The van der Waals surface area contributed by atoms with Crippen LogP contribution in [0.5, 0.6) is 0 Å². The number of aromatic nitrogens is 5. The standard InChI is InChI=1S/C18H14ClFN6/c1-2-10-8-14(23-9-22-10)25-18-16-13(6-7-21-18)24-17(26-16)15-11(19)4-3-5-12(15)20/h3-9H,2H2,1H3,(H,24,26)(H,21,22,23,25). The number of rotatable bonds is 4. The van der Waals surface area contributed by atoms with Crippen molar-refractivity contribution in [2.24, 2.45) is 0 Å². The van der Waals surface area contributed by atoms with E-state index in [1.165, 1.54) is 12.4 Å². The van der Waals surface area contributed by atoms with E-state index < -0.39 is 5.82 Å². The molecule has 6 nitrogen and oxygen atoms in total. The topological polar surface area (TPSA) is 79.4 Å². The van der Waals surface area contributed by atoms with Crippen molar-refractivity contribution in [2.45, 2.75) is 13.3 Å². The van der Waals surface area contributed by atoms with Gasteiger partial charge in [0.25, 0.3) is 0 Å². The van der Waals surface area contributed by atoms with Gasteiger partial charge < -0.3 is 10.3 Å². The van der Waals surface area contributed by atoms with Gasteiger partial charge in [-0.1, -0.05) is 24.6 Å². The van der Waals surface area contributed by atoms with E-state index in [0.29, 0.717) is 28.5 Å². The maximum atomic E-state index is 14.2. The van der Waals surface area contributed by atoms with Crippen molar-refractivity contribution >= 4 is 34.3 Å². The minimum absolute atomic E-state index is 0.228. The molecule has 26 heavy (non-hydrogen) atoms. The molecule has 130 valence electrons.